The molecule has 1 unspecified atom stereocenters. The average molecular weight is 288 g/mol. The molecule has 0 fully saturated rings. The van der Waals surface area contributed by atoms with Crippen LogP contribution in [0.2, 0.25) is 0 Å². The van der Waals surface area contributed by atoms with Crippen LogP contribution in [0.1, 0.15) is 31.2 Å². The van der Waals surface area contributed by atoms with E-state index in [1.807, 2.05) is 24.3 Å². The first-order valence-electron chi connectivity index (χ1n) is 6.96. The number of nitrogens with one attached hydrogen (secondary N) is 3. The van der Waals surface area contributed by atoms with Crippen molar-refractivity contribution in [2.24, 2.45) is 0 Å². The fourth-order valence-electron chi connectivity index (χ4n) is 1.99. The summed E-state index contributed by atoms with van der Waals surface area (Å²) in [6.45, 7) is 5.36. The summed E-state index contributed by atoms with van der Waals surface area (Å²) in [5.74, 6) is 0.611. The Hall–Kier alpha value is -2.34. The number of rotatable bonds is 6. The third kappa shape index (κ3) is 4.61. The van der Waals surface area contributed by atoms with Crippen molar-refractivity contribution in [2.45, 2.75) is 26.4 Å². The zero-order valence-corrected chi connectivity index (χ0v) is 12.2. The first kappa shape index (κ1) is 15.1. The fraction of sp³-hybridized carbons (Fsp3) is 0.333. The Bertz CT molecular complexity index is 569. The van der Waals surface area contributed by atoms with Crippen molar-refractivity contribution in [2.75, 3.05) is 11.9 Å². The molecule has 0 aliphatic carbocycles. The Labute approximate surface area is 123 Å². The molecule has 1 heterocycles. The van der Waals surface area contributed by atoms with Gasteiger partial charge in [0, 0.05) is 17.8 Å². The summed E-state index contributed by atoms with van der Waals surface area (Å²) in [6.07, 6.45) is 1.54. The molecule has 1 aromatic carbocycles. The molecule has 0 aliphatic rings. The van der Waals surface area contributed by atoms with Crippen molar-refractivity contribution in [1.29, 1.82) is 0 Å². The van der Waals surface area contributed by atoms with E-state index in [-0.39, 0.29) is 12.1 Å². The molecule has 0 spiro atoms. The number of nitrogens with zero attached hydrogens (tertiary/aromatic N) is 1. The van der Waals surface area contributed by atoms with Crippen molar-refractivity contribution < 1.29 is 9.32 Å². The second-order valence-corrected chi connectivity index (χ2v) is 4.69. The highest BCUT2D eigenvalue weighted by Gasteiger charge is 2.07. The van der Waals surface area contributed by atoms with Crippen molar-refractivity contribution in [3.05, 3.63) is 47.9 Å². The third-order valence-corrected chi connectivity index (χ3v) is 3.07. The van der Waals surface area contributed by atoms with Crippen LogP contribution in [0, 0.1) is 0 Å². The Morgan fingerprint density at radius 2 is 2.24 bits per heavy atom. The molecule has 112 valence electrons. The number of benzene rings is 1. The maximum absolute atomic E-state index is 11.8. The molecule has 2 amide bonds. The van der Waals surface area contributed by atoms with Gasteiger partial charge in [-0.25, -0.2) is 4.79 Å². The molecule has 1 atom stereocenters. The Morgan fingerprint density at radius 1 is 1.38 bits per heavy atom. The van der Waals surface area contributed by atoms with Gasteiger partial charge in [0.25, 0.3) is 0 Å². The van der Waals surface area contributed by atoms with Gasteiger partial charge < -0.3 is 20.5 Å². The molecule has 0 saturated carbocycles. The summed E-state index contributed by atoms with van der Waals surface area (Å²) in [5.41, 5.74) is 1.89. The minimum atomic E-state index is -0.278. The highest BCUT2D eigenvalue weighted by Crippen LogP contribution is 2.17. The van der Waals surface area contributed by atoms with Crippen molar-refractivity contribution in [3.63, 3.8) is 0 Å². The standard InChI is InChI=1S/C15H20N4O2/c1-3-16-11(2)12-5-4-6-13(9-12)19-15(20)17-10-14-7-8-18-21-14/h4-9,11,16H,3,10H2,1-2H3,(H2,17,19,20). The molecule has 0 saturated heterocycles. The number of amides is 2. The van der Waals surface area contributed by atoms with Crippen LogP contribution in [0.25, 0.3) is 0 Å². The monoisotopic (exact) mass is 288 g/mol. The zero-order valence-electron chi connectivity index (χ0n) is 12.2. The van der Waals surface area contributed by atoms with Crippen LogP contribution in [0.3, 0.4) is 0 Å². The largest absolute Gasteiger partial charge is 0.360 e. The van der Waals surface area contributed by atoms with E-state index in [1.165, 1.54) is 0 Å². The van der Waals surface area contributed by atoms with E-state index >= 15 is 0 Å². The topological polar surface area (TPSA) is 79.2 Å². The lowest BCUT2D eigenvalue weighted by Gasteiger charge is -2.14. The number of hydrogen-bond donors (Lipinski definition) is 3. The number of anilines is 1. The summed E-state index contributed by atoms with van der Waals surface area (Å²) in [7, 11) is 0. The second kappa shape index (κ2) is 7.44. The summed E-state index contributed by atoms with van der Waals surface area (Å²) >= 11 is 0. The van der Waals surface area contributed by atoms with Crippen LogP contribution >= 0.6 is 0 Å². The molecular weight excluding hydrogens is 268 g/mol. The van der Waals surface area contributed by atoms with Crippen molar-refractivity contribution >= 4 is 11.7 Å². The van der Waals surface area contributed by atoms with E-state index in [0.717, 1.165) is 17.8 Å². The van der Waals surface area contributed by atoms with Crippen LogP contribution in [0.4, 0.5) is 10.5 Å². The smallest absolute Gasteiger partial charge is 0.319 e. The van der Waals surface area contributed by atoms with E-state index in [0.29, 0.717) is 12.3 Å². The minimum Gasteiger partial charge on any atom is -0.360 e. The second-order valence-electron chi connectivity index (χ2n) is 4.69. The summed E-state index contributed by atoms with van der Waals surface area (Å²) in [4.78, 5) is 11.8. The lowest BCUT2D eigenvalue weighted by molar-refractivity contribution is 0.250. The molecule has 0 bridgehead atoms. The Balaban J connectivity index is 1.89. The van der Waals surface area contributed by atoms with E-state index < -0.39 is 0 Å². The molecule has 21 heavy (non-hydrogen) atoms. The predicted molar refractivity (Wildman–Crippen MR) is 80.9 cm³/mol. The Morgan fingerprint density at radius 3 is 2.95 bits per heavy atom. The highest BCUT2D eigenvalue weighted by atomic mass is 16.5. The van der Waals surface area contributed by atoms with Gasteiger partial charge in [0.15, 0.2) is 5.76 Å². The highest BCUT2D eigenvalue weighted by molar-refractivity contribution is 5.89. The van der Waals surface area contributed by atoms with Crippen molar-refractivity contribution in [1.82, 2.24) is 15.8 Å². The number of hydrogen-bond acceptors (Lipinski definition) is 4. The van der Waals surface area contributed by atoms with Gasteiger partial charge in [0.2, 0.25) is 0 Å². The minimum absolute atomic E-state index is 0.244. The van der Waals surface area contributed by atoms with Crippen LogP contribution < -0.4 is 16.0 Å². The van der Waals surface area contributed by atoms with Crippen LogP contribution in [0.15, 0.2) is 41.1 Å². The third-order valence-electron chi connectivity index (χ3n) is 3.07. The van der Waals surface area contributed by atoms with E-state index in [2.05, 4.69) is 35.0 Å². The molecule has 1 aromatic heterocycles. The van der Waals surface area contributed by atoms with Gasteiger partial charge in [-0.3, -0.25) is 0 Å². The molecule has 3 N–H and O–H groups in total. The van der Waals surface area contributed by atoms with Crippen molar-refractivity contribution in [3.8, 4) is 0 Å². The quantitative estimate of drug-likeness (QED) is 0.763. The first-order chi connectivity index (χ1) is 10.2. The molecule has 6 nitrogen and oxygen atoms in total. The summed E-state index contributed by atoms with van der Waals surface area (Å²) < 4.78 is 4.91. The van der Waals surface area contributed by atoms with Gasteiger partial charge in [-0.2, -0.15) is 0 Å². The summed E-state index contributed by atoms with van der Waals surface area (Å²) in [5, 5.41) is 12.4. The molecular formula is C15H20N4O2. The number of carbonyl (C=O) groups excluding carboxylic acids is 1. The zero-order chi connectivity index (χ0) is 15.1. The summed E-state index contributed by atoms with van der Waals surface area (Å²) in [6, 6.07) is 9.45. The SMILES string of the molecule is CCNC(C)c1cccc(NC(=O)NCc2ccno2)c1. The van der Waals surface area contributed by atoms with E-state index in [4.69, 9.17) is 4.52 Å². The van der Waals surface area contributed by atoms with Crippen LogP contribution in [0.5, 0.6) is 0 Å². The number of aromatic nitrogens is 1. The van der Waals surface area contributed by atoms with Gasteiger partial charge in [-0.15, -0.1) is 0 Å². The average Bonchev–Trinajstić information content (AvgIpc) is 2.99. The van der Waals surface area contributed by atoms with Crippen LogP contribution in [-0.2, 0) is 6.54 Å². The Kier molecular flexibility index (Phi) is 5.34. The molecule has 0 aliphatic heterocycles. The van der Waals surface area contributed by atoms with Gasteiger partial charge in [-0.05, 0) is 31.2 Å². The van der Waals surface area contributed by atoms with Gasteiger partial charge >= 0.3 is 6.03 Å². The maximum Gasteiger partial charge on any atom is 0.319 e. The fourth-order valence-corrected chi connectivity index (χ4v) is 1.99. The predicted octanol–water partition coefficient (Wildman–Crippen LogP) is 2.67. The van der Waals surface area contributed by atoms with Gasteiger partial charge in [0.1, 0.15) is 0 Å². The molecule has 2 rings (SSSR count). The normalized spacial score (nSPS) is 11.9. The molecule has 2 aromatic rings. The van der Waals surface area contributed by atoms with Gasteiger partial charge in [-0.1, -0.05) is 24.2 Å². The first-order valence-corrected chi connectivity index (χ1v) is 6.96. The lowest BCUT2D eigenvalue weighted by Crippen LogP contribution is -2.28. The molecule has 6 heteroatoms. The van der Waals surface area contributed by atoms with E-state index in [9.17, 15) is 4.79 Å². The number of carbonyl (C=O) groups is 1. The van der Waals surface area contributed by atoms with E-state index in [1.54, 1.807) is 12.3 Å². The van der Waals surface area contributed by atoms with Gasteiger partial charge in [0.05, 0.1) is 12.7 Å². The number of urea groups is 1. The molecule has 0 radical (unpaired) electrons. The van der Waals surface area contributed by atoms with Crippen LogP contribution in [-0.4, -0.2) is 17.7 Å². The maximum atomic E-state index is 11.8. The lowest BCUT2D eigenvalue weighted by atomic mass is 10.1.